The van der Waals surface area contributed by atoms with Gasteiger partial charge in [0.2, 0.25) is 0 Å². The lowest BCUT2D eigenvalue weighted by Crippen LogP contribution is -2.33. The predicted molar refractivity (Wildman–Crippen MR) is 277 cm³/mol. The van der Waals surface area contributed by atoms with Gasteiger partial charge in [-0.15, -0.1) is 0 Å². The maximum Gasteiger partial charge on any atom is 0.135 e. The Morgan fingerprint density at radius 1 is 0.373 bits per heavy atom. The molecule has 3 nitrogen and oxygen atoms in total. The highest BCUT2D eigenvalue weighted by atomic mass is 16.3. The molecule has 67 heavy (non-hydrogen) atoms. The van der Waals surface area contributed by atoms with E-state index in [-0.39, 0.29) is 5.41 Å². The van der Waals surface area contributed by atoms with Crippen LogP contribution in [0.3, 0.4) is 0 Å². The zero-order chi connectivity index (χ0) is 44.2. The van der Waals surface area contributed by atoms with Crippen molar-refractivity contribution in [3.05, 3.63) is 252 Å². The molecule has 0 radical (unpaired) electrons. The molecule has 10 aromatic carbocycles. The van der Waals surface area contributed by atoms with Crippen LogP contribution in [-0.2, 0) is 10.8 Å². The van der Waals surface area contributed by atoms with Crippen LogP contribution in [0.4, 0.5) is 17.1 Å². The van der Waals surface area contributed by atoms with E-state index < -0.39 is 5.41 Å². The van der Waals surface area contributed by atoms with Crippen molar-refractivity contribution < 1.29 is 4.42 Å². The second-order valence-corrected chi connectivity index (χ2v) is 19.2. The van der Waals surface area contributed by atoms with Gasteiger partial charge in [0.25, 0.3) is 0 Å². The summed E-state index contributed by atoms with van der Waals surface area (Å²) in [5.74, 6) is 0. The lowest BCUT2D eigenvalue weighted by Gasteiger charge is -2.39. The van der Waals surface area contributed by atoms with Crippen LogP contribution in [0.25, 0.3) is 82.8 Å². The van der Waals surface area contributed by atoms with Crippen molar-refractivity contribution in [3.63, 3.8) is 0 Å². The first-order chi connectivity index (χ1) is 33.0. The van der Waals surface area contributed by atoms with E-state index in [1.807, 2.05) is 12.1 Å². The number of fused-ring (bicyclic) bond motifs is 18. The first-order valence-corrected chi connectivity index (χ1v) is 23.4. The number of hydrogen-bond acceptors (Lipinski definition) is 2. The molecule has 0 bridgehead atoms. The minimum Gasteiger partial charge on any atom is -0.456 e. The Hall–Kier alpha value is -8.40. The molecule has 0 saturated heterocycles. The van der Waals surface area contributed by atoms with Crippen LogP contribution in [0.5, 0.6) is 0 Å². The summed E-state index contributed by atoms with van der Waals surface area (Å²) < 4.78 is 8.72. The summed E-state index contributed by atoms with van der Waals surface area (Å²) in [7, 11) is 0. The number of para-hydroxylation sites is 4. The van der Waals surface area contributed by atoms with Crippen LogP contribution in [0, 0.1) is 0 Å². The molecule has 1 unspecified atom stereocenters. The number of aromatic nitrogens is 1. The molecule has 12 aromatic rings. The fraction of sp³-hybridized carbons (Fsp3) is 0.0625. The molecule has 0 saturated carbocycles. The summed E-state index contributed by atoms with van der Waals surface area (Å²) in [5.41, 5.74) is 23.8. The van der Waals surface area contributed by atoms with Crippen molar-refractivity contribution in [2.75, 3.05) is 4.90 Å². The van der Waals surface area contributed by atoms with E-state index in [9.17, 15) is 0 Å². The third-order valence-corrected chi connectivity index (χ3v) is 15.6. The predicted octanol–water partition coefficient (Wildman–Crippen LogP) is 16.8. The second-order valence-electron chi connectivity index (χ2n) is 19.2. The molecule has 1 aliphatic heterocycles. The van der Waals surface area contributed by atoms with Crippen LogP contribution in [-0.4, -0.2) is 4.57 Å². The molecule has 314 valence electrons. The lowest BCUT2D eigenvalue weighted by molar-refractivity contribution is 0.660. The largest absolute Gasteiger partial charge is 0.456 e. The highest BCUT2D eigenvalue weighted by Gasteiger charge is 2.51. The Morgan fingerprint density at radius 3 is 1.84 bits per heavy atom. The van der Waals surface area contributed by atoms with Crippen molar-refractivity contribution in [3.8, 4) is 39.1 Å². The number of nitrogens with zero attached hydrogens (tertiary/aromatic N) is 2. The summed E-state index contributed by atoms with van der Waals surface area (Å²) in [4.78, 5) is 2.47. The molecule has 3 aliphatic rings. The van der Waals surface area contributed by atoms with Gasteiger partial charge in [-0.25, -0.2) is 0 Å². The number of anilines is 3. The van der Waals surface area contributed by atoms with Gasteiger partial charge in [0.1, 0.15) is 11.2 Å². The third kappa shape index (κ3) is 4.75. The molecule has 1 spiro atoms. The van der Waals surface area contributed by atoms with Gasteiger partial charge in [0.05, 0.1) is 22.1 Å². The van der Waals surface area contributed by atoms with Gasteiger partial charge in [-0.05, 0) is 133 Å². The van der Waals surface area contributed by atoms with Gasteiger partial charge in [-0.3, -0.25) is 0 Å². The number of furan rings is 1. The van der Waals surface area contributed by atoms with E-state index in [1.54, 1.807) is 0 Å². The second kappa shape index (κ2) is 13.1. The summed E-state index contributed by atoms with van der Waals surface area (Å²) in [6.45, 7) is 4.74. The van der Waals surface area contributed by atoms with Crippen LogP contribution in [0.2, 0.25) is 0 Å². The van der Waals surface area contributed by atoms with Gasteiger partial charge in [-0.2, -0.15) is 0 Å². The molecule has 0 N–H and O–H groups in total. The third-order valence-electron chi connectivity index (χ3n) is 15.6. The van der Waals surface area contributed by atoms with E-state index >= 15 is 0 Å². The van der Waals surface area contributed by atoms with Crippen molar-refractivity contribution >= 4 is 60.8 Å². The van der Waals surface area contributed by atoms with Crippen molar-refractivity contribution in [1.82, 2.24) is 4.57 Å². The number of rotatable bonds is 4. The summed E-state index contributed by atoms with van der Waals surface area (Å²) in [5, 5.41) is 4.85. The standard InChI is InChI=1S/C64H42N2O/c1-63(2)52-19-7-3-14-44(52)46-33-31-43(38-57(46)63)65(41-29-26-39(27-30-41)40-28-35-61-51(36-40)48-17-6-12-25-60(48)67-61)42-32-34-54-50(37-42)45-15-4-8-20-53(45)64(54)55-21-9-11-24-59(55)66-58-23-10-5-16-47(58)49-18-13-22-56(64)62(49)66/h3-38H,1-2H3. The van der Waals surface area contributed by atoms with E-state index in [2.05, 4.69) is 230 Å². The number of benzene rings is 10. The minimum atomic E-state index is -0.512. The highest BCUT2D eigenvalue weighted by molar-refractivity contribution is 6.13. The summed E-state index contributed by atoms with van der Waals surface area (Å²) in [6, 6.07) is 81.4. The Kier molecular flexibility index (Phi) is 7.22. The fourth-order valence-electron chi connectivity index (χ4n) is 12.7. The quantitative estimate of drug-likeness (QED) is 0.176. The molecule has 0 fully saturated rings. The fourth-order valence-corrected chi connectivity index (χ4v) is 12.7. The smallest absolute Gasteiger partial charge is 0.135 e. The van der Waals surface area contributed by atoms with Crippen molar-refractivity contribution in [2.24, 2.45) is 0 Å². The van der Waals surface area contributed by atoms with Crippen LogP contribution in [0.1, 0.15) is 47.2 Å². The van der Waals surface area contributed by atoms with Crippen molar-refractivity contribution in [1.29, 1.82) is 0 Å². The Morgan fingerprint density at radius 2 is 0.970 bits per heavy atom. The van der Waals surface area contributed by atoms with Crippen molar-refractivity contribution in [2.45, 2.75) is 24.7 Å². The van der Waals surface area contributed by atoms with E-state index in [0.717, 1.165) is 50.1 Å². The molecule has 0 amide bonds. The van der Waals surface area contributed by atoms with Crippen LogP contribution in [0.15, 0.2) is 223 Å². The van der Waals surface area contributed by atoms with Gasteiger partial charge in [0, 0.05) is 44.0 Å². The first kappa shape index (κ1) is 36.9. The normalized spacial score (nSPS) is 15.8. The molecule has 3 heteroatoms. The topological polar surface area (TPSA) is 21.3 Å². The highest BCUT2D eigenvalue weighted by Crippen LogP contribution is 2.62. The molecule has 2 aliphatic carbocycles. The van der Waals surface area contributed by atoms with Gasteiger partial charge < -0.3 is 13.9 Å². The van der Waals surface area contributed by atoms with E-state index in [4.69, 9.17) is 4.42 Å². The zero-order valence-electron chi connectivity index (χ0n) is 37.1. The van der Waals surface area contributed by atoms with Crippen LogP contribution < -0.4 is 4.90 Å². The molecule has 15 rings (SSSR count). The lowest BCUT2D eigenvalue weighted by atomic mass is 9.65. The zero-order valence-corrected chi connectivity index (χ0v) is 37.1. The Labute approximate surface area is 388 Å². The van der Waals surface area contributed by atoms with E-state index in [1.165, 1.54) is 83.1 Å². The SMILES string of the molecule is CC1(C)c2ccccc2-c2ccc(N(c3ccc(-c4ccc5oc6ccccc6c5c4)cc3)c3ccc4c(c3)-c3ccccc3C43c4ccccc4-n4c5ccccc5c5cccc3c54)cc21. The van der Waals surface area contributed by atoms with Gasteiger partial charge in [0.15, 0.2) is 0 Å². The molecular formula is C64H42N2O. The Balaban J connectivity index is 0.943. The number of hydrogen-bond donors (Lipinski definition) is 0. The maximum atomic E-state index is 6.20. The summed E-state index contributed by atoms with van der Waals surface area (Å²) >= 11 is 0. The summed E-state index contributed by atoms with van der Waals surface area (Å²) in [6.07, 6.45) is 0. The molecule has 3 heterocycles. The van der Waals surface area contributed by atoms with Crippen LogP contribution >= 0.6 is 0 Å². The molecule has 1 atom stereocenters. The Bertz CT molecular complexity index is 4090. The first-order valence-electron chi connectivity index (χ1n) is 23.4. The van der Waals surface area contributed by atoms with E-state index in [0.29, 0.717) is 0 Å². The van der Waals surface area contributed by atoms with Gasteiger partial charge >= 0.3 is 0 Å². The average molecular weight is 855 g/mol. The molecule has 2 aromatic heterocycles. The average Bonchev–Trinajstić information content (AvgIpc) is 4.08. The molecular weight excluding hydrogens is 813 g/mol. The maximum absolute atomic E-state index is 6.20. The van der Waals surface area contributed by atoms with Gasteiger partial charge in [-0.1, -0.05) is 166 Å². The minimum absolute atomic E-state index is 0.144. The monoisotopic (exact) mass is 854 g/mol.